The van der Waals surface area contributed by atoms with Gasteiger partial charge in [0.05, 0.1) is 0 Å². The van der Waals surface area contributed by atoms with E-state index < -0.39 is 0 Å². The first-order valence-electron chi connectivity index (χ1n) is 6.25. The summed E-state index contributed by atoms with van der Waals surface area (Å²) in [5.74, 6) is 0.461. The zero-order valence-corrected chi connectivity index (χ0v) is 12.0. The third-order valence-corrected chi connectivity index (χ3v) is 2.95. The predicted octanol–water partition coefficient (Wildman–Crippen LogP) is 3.31. The maximum atomic E-state index is 10.4. The van der Waals surface area contributed by atoms with Crippen LogP contribution in [0.3, 0.4) is 0 Å². The average Bonchev–Trinajstić information content (AvgIpc) is 2.18. The van der Waals surface area contributed by atoms with Crippen molar-refractivity contribution < 1.29 is 5.11 Å². The van der Waals surface area contributed by atoms with Gasteiger partial charge in [-0.3, -0.25) is 0 Å². The summed E-state index contributed by atoms with van der Waals surface area (Å²) in [5.41, 5.74) is 3.36. The van der Waals surface area contributed by atoms with Gasteiger partial charge in [0.1, 0.15) is 5.75 Å². The molecule has 0 fully saturated rings. The molecule has 0 aromatic heterocycles. The van der Waals surface area contributed by atoms with Crippen molar-refractivity contribution in [3.05, 3.63) is 28.8 Å². The third kappa shape index (κ3) is 3.47. The number of phenolic OH excluding ortho intramolecular Hbond substituents is 1. The van der Waals surface area contributed by atoms with Crippen LogP contribution in [0.4, 0.5) is 0 Å². The zero-order chi connectivity index (χ0) is 13.2. The third-order valence-electron chi connectivity index (χ3n) is 2.95. The molecule has 0 unspecified atom stereocenters. The SMILES string of the molecule is CCc1cc(CN(C)C)c(O)c(C(C)(C)C)c1. The van der Waals surface area contributed by atoms with Gasteiger partial charge < -0.3 is 10.0 Å². The lowest BCUT2D eigenvalue weighted by molar-refractivity contribution is 0.379. The fourth-order valence-electron chi connectivity index (χ4n) is 2.00. The molecule has 17 heavy (non-hydrogen) atoms. The molecular weight excluding hydrogens is 210 g/mol. The lowest BCUT2D eigenvalue weighted by Gasteiger charge is -2.24. The molecule has 0 bridgehead atoms. The second kappa shape index (κ2) is 5.09. The second-order valence-corrected chi connectivity index (χ2v) is 5.99. The molecule has 1 aromatic carbocycles. The van der Waals surface area contributed by atoms with Gasteiger partial charge in [-0.05, 0) is 37.1 Å². The fourth-order valence-corrected chi connectivity index (χ4v) is 2.00. The Morgan fingerprint density at radius 1 is 1.18 bits per heavy atom. The Hall–Kier alpha value is -1.02. The van der Waals surface area contributed by atoms with Crippen LogP contribution >= 0.6 is 0 Å². The van der Waals surface area contributed by atoms with Crippen molar-refractivity contribution in [2.24, 2.45) is 0 Å². The Labute approximate surface area is 105 Å². The van der Waals surface area contributed by atoms with Gasteiger partial charge in [-0.25, -0.2) is 0 Å². The van der Waals surface area contributed by atoms with E-state index in [1.807, 2.05) is 14.1 Å². The Balaban J connectivity index is 3.31. The highest BCUT2D eigenvalue weighted by Crippen LogP contribution is 2.35. The number of hydrogen-bond acceptors (Lipinski definition) is 2. The molecule has 0 radical (unpaired) electrons. The van der Waals surface area contributed by atoms with Crippen molar-refractivity contribution in [1.29, 1.82) is 0 Å². The maximum absolute atomic E-state index is 10.4. The van der Waals surface area contributed by atoms with Crippen LogP contribution in [0.2, 0.25) is 0 Å². The van der Waals surface area contributed by atoms with Crippen LogP contribution in [0.1, 0.15) is 44.4 Å². The van der Waals surface area contributed by atoms with Crippen molar-refractivity contribution in [3.8, 4) is 5.75 Å². The highest BCUT2D eigenvalue weighted by molar-refractivity contribution is 5.47. The van der Waals surface area contributed by atoms with E-state index in [0.29, 0.717) is 5.75 Å². The van der Waals surface area contributed by atoms with E-state index in [1.165, 1.54) is 5.56 Å². The first-order chi connectivity index (χ1) is 7.75. The van der Waals surface area contributed by atoms with Crippen LogP contribution in [-0.2, 0) is 18.4 Å². The number of rotatable bonds is 3. The lowest BCUT2D eigenvalue weighted by atomic mass is 9.83. The van der Waals surface area contributed by atoms with Gasteiger partial charge in [-0.1, -0.05) is 39.8 Å². The summed E-state index contributed by atoms with van der Waals surface area (Å²) in [7, 11) is 4.05. The van der Waals surface area contributed by atoms with Crippen LogP contribution in [0.15, 0.2) is 12.1 Å². The molecule has 1 rings (SSSR count). The summed E-state index contributed by atoms with van der Waals surface area (Å²) >= 11 is 0. The van der Waals surface area contributed by atoms with Gasteiger partial charge in [-0.2, -0.15) is 0 Å². The summed E-state index contributed by atoms with van der Waals surface area (Å²) < 4.78 is 0. The molecule has 0 aliphatic rings. The molecule has 0 aliphatic carbocycles. The summed E-state index contributed by atoms with van der Waals surface area (Å²) in [6.07, 6.45) is 1.00. The van der Waals surface area contributed by atoms with E-state index in [9.17, 15) is 5.11 Å². The molecule has 2 nitrogen and oxygen atoms in total. The number of hydrogen-bond donors (Lipinski definition) is 1. The number of nitrogens with zero attached hydrogens (tertiary/aromatic N) is 1. The molecule has 0 saturated heterocycles. The van der Waals surface area contributed by atoms with Crippen LogP contribution in [0.5, 0.6) is 5.75 Å². The van der Waals surface area contributed by atoms with Crippen molar-refractivity contribution >= 4 is 0 Å². The molecule has 0 atom stereocenters. The zero-order valence-electron chi connectivity index (χ0n) is 12.0. The molecule has 96 valence electrons. The second-order valence-electron chi connectivity index (χ2n) is 5.99. The number of aryl methyl sites for hydroxylation is 1. The van der Waals surface area contributed by atoms with Crippen molar-refractivity contribution in [3.63, 3.8) is 0 Å². The first kappa shape index (κ1) is 14.0. The summed E-state index contributed by atoms with van der Waals surface area (Å²) in [5, 5.41) is 10.4. The van der Waals surface area contributed by atoms with Crippen molar-refractivity contribution in [1.82, 2.24) is 4.90 Å². The molecule has 0 amide bonds. The maximum Gasteiger partial charge on any atom is 0.123 e. The first-order valence-corrected chi connectivity index (χ1v) is 6.25. The average molecular weight is 235 g/mol. The van der Waals surface area contributed by atoms with E-state index in [1.54, 1.807) is 0 Å². The minimum atomic E-state index is -0.0175. The molecule has 0 aliphatic heterocycles. The Bertz CT molecular complexity index is 389. The number of benzene rings is 1. The summed E-state index contributed by atoms with van der Waals surface area (Å²) in [6.45, 7) is 9.35. The van der Waals surface area contributed by atoms with Gasteiger partial charge in [-0.15, -0.1) is 0 Å². The summed E-state index contributed by atoms with van der Waals surface area (Å²) in [4.78, 5) is 2.08. The molecule has 2 heteroatoms. The lowest BCUT2D eigenvalue weighted by Crippen LogP contribution is -2.16. The molecular formula is C15H25NO. The van der Waals surface area contributed by atoms with Gasteiger partial charge >= 0.3 is 0 Å². The van der Waals surface area contributed by atoms with E-state index in [2.05, 4.69) is 44.7 Å². The monoisotopic (exact) mass is 235 g/mol. The molecule has 1 aromatic rings. The largest absolute Gasteiger partial charge is 0.507 e. The van der Waals surface area contributed by atoms with Crippen LogP contribution in [0.25, 0.3) is 0 Å². The molecule has 0 heterocycles. The van der Waals surface area contributed by atoms with Crippen molar-refractivity contribution in [2.45, 2.75) is 46.1 Å². The highest BCUT2D eigenvalue weighted by Gasteiger charge is 2.21. The van der Waals surface area contributed by atoms with Crippen LogP contribution in [-0.4, -0.2) is 24.1 Å². The fraction of sp³-hybridized carbons (Fsp3) is 0.600. The van der Waals surface area contributed by atoms with Crippen LogP contribution < -0.4 is 0 Å². The van der Waals surface area contributed by atoms with Crippen LogP contribution in [0, 0.1) is 0 Å². The minimum absolute atomic E-state index is 0.0175. The standard InChI is InChI=1S/C15H25NO/c1-7-11-8-12(10-16(5)6)14(17)13(9-11)15(2,3)4/h8-9,17H,7,10H2,1-6H3. The molecule has 0 spiro atoms. The number of phenols is 1. The summed E-state index contributed by atoms with van der Waals surface area (Å²) in [6, 6.07) is 4.25. The van der Waals surface area contributed by atoms with Gasteiger partial charge in [0.2, 0.25) is 0 Å². The van der Waals surface area contributed by atoms with E-state index in [0.717, 1.165) is 24.1 Å². The Morgan fingerprint density at radius 3 is 2.18 bits per heavy atom. The van der Waals surface area contributed by atoms with E-state index in [4.69, 9.17) is 0 Å². The smallest absolute Gasteiger partial charge is 0.123 e. The quantitative estimate of drug-likeness (QED) is 0.869. The molecule has 1 N–H and O–H groups in total. The number of aromatic hydroxyl groups is 1. The Kier molecular flexibility index (Phi) is 4.21. The van der Waals surface area contributed by atoms with Gasteiger partial charge in [0, 0.05) is 12.1 Å². The molecule has 0 saturated carbocycles. The minimum Gasteiger partial charge on any atom is -0.507 e. The van der Waals surface area contributed by atoms with Gasteiger partial charge in [0.15, 0.2) is 0 Å². The Morgan fingerprint density at radius 2 is 1.76 bits per heavy atom. The van der Waals surface area contributed by atoms with Gasteiger partial charge in [0.25, 0.3) is 0 Å². The normalized spacial score (nSPS) is 12.2. The van der Waals surface area contributed by atoms with Crippen molar-refractivity contribution in [2.75, 3.05) is 14.1 Å². The van der Waals surface area contributed by atoms with E-state index >= 15 is 0 Å². The highest BCUT2D eigenvalue weighted by atomic mass is 16.3. The van der Waals surface area contributed by atoms with E-state index in [-0.39, 0.29) is 5.41 Å². The topological polar surface area (TPSA) is 23.5 Å². The predicted molar refractivity (Wildman–Crippen MR) is 73.6 cm³/mol.